The second-order valence-corrected chi connectivity index (χ2v) is 6.10. The van der Waals surface area contributed by atoms with Gasteiger partial charge in [0.25, 0.3) is 0 Å². The van der Waals surface area contributed by atoms with Crippen molar-refractivity contribution in [3.63, 3.8) is 0 Å². The summed E-state index contributed by atoms with van der Waals surface area (Å²) >= 11 is 6.23. The lowest BCUT2D eigenvalue weighted by atomic mass is 9.83. The number of benzene rings is 1. The average molecular weight is 283 g/mol. The molecule has 0 saturated carbocycles. The van der Waals surface area contributed by atoms with Gasteiger partial charge in [0.2, 0.25) is 0 Å². The standard InChI is InChI=1S/C15H23ClN2O/c1-11(2)14-9-15(10-17,7-8-19-14)18-13-6-4-3-5-12(13)16/h3-6,11,14,18H,7-10,17H2,1-2H3. The molecule has 4 heteroatoms. The van der Waals surface area contributed by atoms with E-state index in [-0.39, 0.29) is 11.6 Å². The molecule has 0 amide bonds. The Morgan fingerprint density at radius 3 is 2.84 bits per heavy atom. The molecule has 2 unspecified atom stereocenters. The third kappa shape index (κ3) is 3.41. The van der Waals surface area contributed by atoms with Crippen LogP contribution in [0.2, 0.25) is 5.02 Å². The molecular weight excluding hydrogens is 260 g/mol. The number of ether oxygens (including phenoxy) is 1. The molecule has 0 aliphatic carbocycles. The maximum atomic E-state index is 6.23. The SMILES string of the molecule is CC(C)C1CC(CN)(Nc2ccccc2Cl)CCO1. The van der Waals surface area contributed by atoms with E-state index < -0.39 is 0 Å². The monoisotopic (exact) mass is 282 g/mol. The van der Waals surface area contributed by atoms with Crippen molar-refractivity contribution in [3.05, 3.63) is 29.3 Å². The molecular formula is C15H23ClN2O. The minimum Gasteiger partial charge on any atom is -0.378 e. The van der Waals surface area contributed by atoms with Crippen molar-refractivity contribution >= 4 is 17.3 Å². The van der Waals surface area contributed by atoms with Crippen molar-refractivity contribution in [2.75, 3.05) is 18.5 Å². The number of halogens is 1. The molecule has 1 fully saturated rings. The van der Waals surface area contributed by atoms with Crippen LogP contribution in [0.4, 0.5) is 5.69 Å². The fraction of sp³-hybridized carbons (Fsp3) is 0.600. The molecule has 1 aromatic carbocycles. The van der Waals surface area contributed by atoms with Crippen molar-refractivity contribution in [2.45, 2.75) is 38.3 Å². The summed E-state index contributed by atoms with van der Waals surface area (Å²) in [5, 5.41) is 4.30. The predicted octanol–water partition coefficient (Wildman–Crippen LogP) is 3.28. The van der Waals surface area contributed by atoms with Crippen LogP contribution in [0.1, 0.15) is 26.7 Å². The fourth-order valence-electron chi connectivity index (χ4n) is 2.58. The van der Waals surface area contributed by atoms with Crippen LogP contribution in [-0.4, -0.2) is 24.8 Å². The smallest absolute Gasteiger partial charge is 0.0637 e. The first-order valence-corrected chi connectivity index (χ1v) is 7.28. The number of nitrogens with two attached hydrogens (primary N) is 1. The number of anilines is 1. The summed E-state index contributed by atoms with van der Waals surface area (Å²) in [6, 6.07) is 7.81. The molecule has 3 nitrogen and oxygen atoms in total. The summed E-state index contributed by atoms with van der Waals surface area (Å²) in [6.45, 7) is 5.71. The zero-order valence-corrected chi connectivity index (χ0v) is 12.4. The zero-order chi connectivity index (χ0) is 13.9. The lowest BCUT2D eigenvalue weighted by molar-refractivity contribution is -0.0357. The summed E-state index contributed by atoms with van der Waals surface area (Å²) in [5.41, 5.74) is 6.88. The van der Waals surface area contributed by atoms with E-state index in [0.29, 0.717) is 12.5 Å². The maximum Gasteiger partial charge on any atom is 0.0637 e. The van der Waals surface area contributed by atoms with E-state index >= 15 is 0 Å². The number of hydrogen-bond donors (Lipinski definition) is 2. The van der Waals surface area contributed by atoms with Crippen LogP contribution >= 0.6 is 11.6 Å². The Bertz CT molecular complexity index is 424. The second kappa shape index (κ2) is 6.12. The highest BCUT2D eigenvalue weighted by molar-refractivity contribution is 6.33. The Morgan fingerprint density at radius 2 is 2.21 bits per heavy atom. The van der Waals surface area contributed by atoms with Crippen LogP contribution in [0, 0.1) is 5.92 Å². The summed E-state index contributed by atoms with van der Waals surface area (Å²) in [4.78, 5) is 0. The van der Waals surface area contributed by atoms with E-state index in [0.717, 1.165) is 30.2 Å². The molecule has 1 aliphatic rings. The van der Waals surface area contributed by atoms with Gasteiger partial charge in [-0.25, -0.2) is 0 Å². The van der Waals surface area contributed by atoms with E-state index in [4.69, 9.17) is 22.1 Å². The van der Waals surface area contributed by atoms with Gasteiger partial charge in [-0.05, 0) is 30.9 Å². The molecule has 106 valence electrons. The van der Waals surface area contributed by atoms with E-state index in [1.165, 1.54) is 0 Å². The molecule has 19 heavy (non-hydrogen) atoms. The summed E-state index contributed by atoms with van der Waals surface area (Å²) in [7, 11) is 0. The molecule has 0 radical (unpaired) electrons. The Hall–Kier alpha value is -0.770. The van der Waals surface area contributed by atoms with Gasteiger partial charge in [0.05, 0.1) is 22.4 Å². The minimum atomic E-state index is -0.113. The Kier molecular flexibility index (Phi) is 4.71. The number of hydrogen-bond acceptors (Lipinski definition) is 3. The van der Waals surface area contributed by atoms with Crippen molar-refractivity contribution < 1.29 is 4.74 Å². The normalized spacial score (nSPS) is 27.5. The first-order chi connectivity index (χ1) is 9.06. The third-order valence-corrected chi connectivity index (χ3v) is 4.24. The number of nitrogens with one attached hydrogen (secondary N) is 1. The van der Waals surface area contributed by atoms with Gasteiger partial charge in [0.15, 0.2) is 0 Å². The van der Waals surface area contributed by atoms with Crippen LogP contribution in [0.3, 0.4) is 0 Å². The van der Waals surface area contributed by atoms with Crippen molar-refractivity contribution in [2.24, 2.45) is 11.7 Å². The van der Waals surface area contributed by atoms with Crippen LogP contribution in [0.25, 0.3) is 0 Å². The van der Waals surface area contributed by atoms with Crippen molar-refractivity contribution in [1.82, 2.24) is 0 Å². The van der Waals surface area contributed by atoms with E-state index in [1.807, 2.05) is 24.3 Å². The number of para-hydroxylation sites is 1. The van der Waals surface area contributed by atoms with Crippen molar-refractivity contribution in [1.29, 1.82) is 0 Å². The van der Waals surface area contributed by atoms with Crippen LogP contribution in [0.15, 0.2) is 24.3 Å². The second-order valence-electron chi connectivity index (χ2n) is 5.70. The molecule has 0 spiro atoms. The average Bonchev–Trinajstić information content (AvgIpc) is 2.42. The molecule has 1 aliphatic heterocycles. The molecule has 2 rings (SSSR count). The van der Waals surface area contributed by atoms with Gasteiger partial charge in [-0.1, -0.05) is 37.6 Å². The fourth-order valence-corrected chi connectivity index (χ4v) is 2.76. The van der Waals surface area contributed by atoms with Gasteiger partial charge in [-0.2, -0.15) is 0 Å². The zero-order valence-electron chi connectivity index (χ0n) is 11.7. The Morgan fingerprint density at radius 1 is 1.47 bits per heavy atom. The minimum absolute atomic E-state index is 0.113. The number of rotatable bonds is 4. The molecule has 1 heterocycles. The topological polar surface area (TPSA) is 47.3 Å². The Balaban J connectivity index is 2.16. The lowest BCUT2D eigenvalue weighted by Gasteiger charge is -2.43. The first-order valence-electron chi connectivity index (χ1n) is 6.91. The highest BCUT2D eigenvalue weighted by Crippen LogP contribution is 2.33. The van der Waals surface area contributed by atoms with Crippen LogP contribution in [-0.2, 0) is 4.74 Å². The van der Waals surface area contributed by atoms with Gasteiger partial charge in [0, 0.05) is 13.2 Å². The van der Waals surface area contributed by atoms with Crippen LogP contribution < -0.4 is 11.1 Å². The lowest BCUT2D eigenvalue weighted by Crippen LogP contribution is -2.53. The highest BCUT2D eigenvalue weighted by Gasteiger charge is 2.37. The highest BCUT2D eigenvalue weighted by atomic mass is 35.5. The molecule has 2 atom stereocenters. The summed E-state index contributed by atoms with van der Waals surface area (Å²) in [6.07, 6.45) is 2.09. The summed E-state index contributed by atoms with van der Waals surface area (Å²) < 4.78 is 5.84. The molecule has 1 saturated heterocycles. The summed E-state index contributed by atoms with van der Waals surface area (Å²) in [5.74, 6) is 0.499. The maximum absolute atomic E-state index is 6.23. The van der Waals surface area contributed by atoms with Crippen LogP contribution in [0.5, 0.6) is 0 Å². The third-order valence-electron chi connectivity index (χ3n) is 3.91. The molecule has 1 aromatic rings. The molecule has 3 N–H and O–H groups in total. The van der Waals surface area contributed by atoms with Gasteiger partial charge in [-0.15, -0.1) is 0 Å². The quantitative estimate of drug-likeness (QED) is 0.891. The van der Waals surface area contributed by atoms with E-state index in [2.05, 4.69) is 19.2 Å². The van der Waals surface area contributed by atoms with Gasteiger partial charge in [0.1, 0.15) is 0 Å². The predicted molar refractivity (Wildman–Crippen MR) is 80.7 cm³/mol. The van der Waals surface area contributed by atoms with Gasteiger partial charge >= 0.3 is 0 Å². The largest absolute Gasteiger partial charge is 0.378 e. The van der Waals surface area contributed by atoms with E-state index in [1.54, 1.807) is 0 Å². The van der Waals surface area contributed by atoms with Crippen molar-refractivity contribution in [3.8, 4) is 0 Å². The van der Waals surface area contributed by atoms with Gasteiger partial charge in [-0.3, -0.25) is 0 Å². The van der Waals surface area contributed by atoms with Gasteiger partial charge < -0.3 is 15.8 Å². The Labute approximate surface area is 120 Å². The van der Waals surface area contributed by atoms with E-state index in [9.17, 15) is 0 Å². The molecule has 0 aromatic heterocycles. The first kappa shape index (κ1) is 14.6. The molecule has 0 bridgehead atoms.